The molecule has 0 saturated carbocycles. The Kier molecular flexibility index (Phi) is 3.98. The maximum atomic E-state index is 13.8. The fourth-order valence-electron chi connectivity index (χ4n) is 2.98. The summed E-state index contributed by atoms with van der Waals surface area (Å²) in [6.07, 6.45) is 1.10. The fourth-order valence-corrected chi connectivity index (χ4v) is 2.98. The Labute approximate surface area is 124 Å². The summed E-state index contributed by atoms with van der Waals surface area (Å²) in [5, 5.41) is 8.92. The third-order valence-electron chi connectivity index (χ3n) is 4.11. The monoisotopic (exact) mass is 280 g/mol. The van der Waals surface area contributed by atoms with Crippen LogP contribution in [0.4, 0.5) is 4.39 Å². The van der Waals surface area contributed by atoms with Gasteiger partial charge in [-0.15, -0.1) is 0 Å². The van der Waals surface area contributed by atoms with E-state index in [0.717, 1.165) is 19.5 Å². The average Bonchev–Trinajstić information content (AvgIpc) is 2.99. The van der Waals surface area contributed by atoms with Crippen molar-refractivity contribution in [2.75, 3.05) is 13.1 Å². The summed E-state index contributed by atoms with van der Waals surface area (Å²) >= 11 is 0. The Balaban J connectivity index is 1.69. The molecule has 106 valence electrons. The fraction of sp³-hybridized carbons (Fsp3) is 0.278. The number of hydrogen-bond donors (Lipinski definition) is 0. The van der Waals surface area contributed by atoms with E-state index in [-0.39, 0.29) is 5.82 Å². The molecule has 0 aromatic heterocycles. The summed E-state index contributed by atoms with van der Waals surface area (Å²) in [4.78, 5) is 2.26. The standard InChI is InChI=1S/C18H17FN2/c19-18-7-6-14(11-20)10-17(18)13-21-9-8-16(12-21)15-4-2-1-3-5-15/h1-7,10,16H,8-9,12-13H2/t16-/m1/s1. The lowest BCUT2D eigenvalue weighted by atomic mass is 9.99. The van der Waals surface area contributed by atoms with Crippen molar-refractivity contribution in [3.8, 4) is 6.07 Å². The lowest BCUT2D eigenvalue weighted by Gasteiger charge is -2.17. The molecule has 3 rings (SSSR count). The first-order valence-electron chi connectivity index (χ1n) is 7.22. The van der Waals surface area contributed by atoms with Crippen LogP contribution in [0.1, 0.15) is 29.0 Å². The second-order valence-corrected chi connectivity index (χ2v) is 5.55. The number of hydrogen-bond acceptors (Lipinski definition) is 2. The first-order valence-corrected chi connectivity index (χ1v) is 7.22. The molecule has 1 aliphatic rings. The van der Waals surface area contributed by atoms with Crippen molar-refractivity contribution in [1.29, 1.82) is 5.26 Å². The molecule has 2 aromatic carbocycles. The van der Waals surface area contributed by atoms with Gasteiger partial charge in [-0.05, 0) is 42.6 Å². The lowest BCUT2D eigenvalue weighted by Crippen LogP contribution is -2.20. The highest BCUT2D eigenvalue weighted by Gasteiger charge is 2.24. The van der Waals surface area contributed by atoms with E-state index < -0.39 is 0 Å². The quantitative estimate of drug-likeness (QED) is 0.857. The van der Waals surface area contributed by atoms with Crippen molar-refractivity contribution < 1.29 is 4.39 Å². The minimum absolute atomic E-state index is 0.225. The van der Waals surface area contributed by atoms with Crippen LogP contribution in [0.5, 0.6) is 0 Å². The summed E-state index contributed by atoms with van der Waals surface area (Å²) in [6, 6.07) is 17.1. The molecule has 0 aliphatic carbocycles. The Hall–Kier alpha value is -2.18. The predicted octanol–water partition coefficient (Wildman–Crippen LogP) is 3.69. The molecule has 2 nitrogen and oxygen atoms in total. The van der Waals surface area contributed by atoms with Gasteiger partial charge in [-0.2, -0.15) is 5.26 Å². The predicted molar refractivity (Wildman–Crippen MR) is 80.2 cm³/mol. The SMILES string of the molecule is N#Cc1ccc(F)c(CN2CC[C@@H](c3ccccc3)C2)c1. The Morgan fingerprint density at radius 1 is 1.19 bits per heavy atom. The molecule has 1 heterocycles. The maximum absolute atomic E-state index is 13.8. The van der Waals surface area contributed by atoms with E-state index in [1.807, 2.05) is 6.07 Å². The number of nitrogens with zero attached hydrogens (tertiary/aromatic N) is 2. The molecule has 0 spiro atoms. The molecular formula is C18H17FN2. The Morgan fingerprint density at radius 3 is 2.76 bits per heavy atom. The maximum Gasteiger partial charge on any atom is 0.127 e. The molecule has 3 heteroatoms. The highest BCUT2D eigenvalue weighted by molar-refractivity contribution is 5.34. The van der Waals surface area contributed by atoms with Crippen molar-refractivity contribution >= 4 is 0 Å². The van der Waals surface area contributed by atoms with Gasteiger partial charge in [-0.3, -0.25) is 4.90 Å². The van der Waals surface area contributed by atoms with Gasteiger partial charge in [-0.1, -0.05) is 30.3 Å². The van der Waals surface area contributed by atoms with Crippen LogP contribution in [0, 0.1) is 17.1 Å². The summed E-state index contributed by atoms with van der Waals surface area (Å²) in [6.45, 7) is 2.49. The Morgan fingerprint density at radius 2 is 2.00 bits per heavy atom. The van der Waals surface area contributed by atoms with Gasteiger partial charge in [0.1, 0.15) is 5.82 Å². The van der Waals surface area contributed by atoms with Crippen molar-refractivity contribution in [2.45, 2.75) is 18.9 Å². The van der Waals surface area contributed by atoms with Gasteiger partial charge in [0, 0.05) is 18.7 Å². The number of likely N-dealkylation sites (tertiary alicyclic amines) is 1. The number of rotatable bonds is 3. The van der Waals surface area contributed by atoms with Crippen molar-refractivity contribution in [1.82, 2.24) is 4.90 Å². The molecule has 0 amide bonds. The summed E-state index contributed by atoms with van der Waals surface area (Å²) in [5.41, 5.74) is 2.49. The summed E-state index contributed by atoms with van der Waals surface area (Å²) in [7, 11) is 0. The highest BCUT2D eigenvalue weighted by atomic mass is 19.1. The van der Waals surface area contributed by atoms with Crippen molar-refractivity contribution in [3.05, 3.63) is 71.0 Å². The molecule has 21 heavy (non-hydrogen) atoms. The molecule has 0 N–H and O–H groups in total. The molecular weight excluding hydrogens is 263 g/mol. The van der Waals surface area contributed by atoms with Crippen LogP contribution in [-0.2, 0) is 6.54 Å². The van der Waals surface area contributed by atoms with Crippen LogP contribution in [0.2, 0.25) is 0 Å². The van der Waals surface area contributed by atoms with E-state index in [9.17, 15) is 4.39 Å². The smallest absolute Gasteiger partial charge is 0.127 e. The largest absolute Gasteiger partial charge is 0.298 e. The summed E-state index contributed by atoms with van der Waals surface area (Å²) in [5.74, 6) is 0.297. The van der Waals surface area contributed by atoms with Gasteiger partial charge >= 0.3 is 0 Å². The van der Waals surface area contributed by atoms with E-state index in [1.165, 1.54) is 17.7 Å². The molecule has 2 aromatic rings. The van der Waals surface area contributed by atoms with Gasteiger partial charge in [0.15, 0.2) is 0 Å². The van der Waals surface area contributed by atoms with Crippen LogP contribution in [0.25, 0.3) is 0 Å². The number of nitriles is 1. The molecule has 0 unspecified atom stereocenters. The second-order valence-electron chi connectivity index (χ2n) is 5.55. The van der Waals surface area contributed by atoms with Crippen LogP contribution >= 0.6 is 0 Å². The third-order valence-corrected chi connectivity index (χ3v) is 4.11. The van der Waals surface area contributed by atoms with E-state index >= 15 is 0 Å². The number of benzene rings is 2. The topological polar surface area (TPSA) is 27.0 Å². The van der Waals surface area contributed by atoms with E-state index in [1.54, 1.807) is 6.07 Å². The Bertz CT molecular complexity index is 661. The summed E-state index contributed by atoms with van der Waals surface area (Å²) < 4.78 is 13.8. The zero-order chi connectivity index (χ0) is 14.7. The van der Waals surface area contributed by atoms with Crippen molar-refractivity contribution in [3.63, 3.8) is 0 Å². The van der Waals surface area contributed by atoms with Gasteiger partial charge in [0.2, 0.25) is 0 Å². The first-order chi connectivity index (χ1) is 10.3. The molecule has 0 bridgehead atoms. The van der Waals surface area contributed by atoms with E-state index in [0.29, 0.717) is 23.6 Å². The molecule has 1 fully saturated rings. The highest BCUT2D eigenvalue weighted by Crippen LogP contribution is 2.28. The lowest BCUT2D eigenvalue weighted by molar-refractivity contribution is 0.321. The van der Waals surface area contributed by atoms with Gasteiger partial charge < -0.3 is 0 Å². The minimum atomic E-state index is -0.225. The van der Waals surface area contributed by atoms with Crippen LogP contribution in [-0.4, -0.2) is 18.0 Å². The third kappa shape index (κ3) is 3.12. The molecule has 1 saturated heterocycles. The van der Waals surface area contributed by atoms with Crippen molar-refractivity contribution in [2.24, 2.45) is 0 Å². The van der Waals surface area contributed by atoms with Gasteiger partial charge in [0.25, 0.3) is 0 Å². The first kappa shape index (κ1) is 13.8. The zero-order valence-electron chi connectivity index (χ0n) is 11.8. The second kappa shape index (κ2) is 6.07. The van der Waals surface area contributed by atoms with Gasteiger partial charge in [-0.25, -0.2) is 4.39 Å². The minimum Gasteiger partial charge on any atom is -0.298 e. The van der Waals surface area contributed by atoms with E-state index in [4.69, 9.17) is 5.26 Å². The normalized spacial score (nSPS) is 18.6. The van der Waals surface area contributed by atoms with Crippen LogP contribution in [0.15, 0.2) is 48.5 Å². The van der Waals surface area contributed by atoms with E-state index in [2.05, 4.69) is 35.2 Å². The average molecular weight is 280 g/mol. The number of halogens is 1. The molecule has 1 aliphatic heterocycles. The van der Waals surface area contributed by atoms with Crippen LogP contribution < -0.4 is 0 Å². The zero-order valence-corrected chi connectivity index (χ0v) is 11.8. The van der Waals surface area contributed by atoms with Gasteiger partial charge in [0.05, 0.1) is 11.6 Å². The van der Waals surface area contributed by atoms with Crippen LogP contribution in [0.3, 0.4) is 0 Å². The molecule has 1 atom stereocenters. The molecule has 0 radical (unpaired) electrons.